The average Bonchev–Trinajstić information content (AvgIpc) is 3.01. The Morgan fingerprint density at radius 3 is 2.74 bits per heavy atom. The molecule has 0 radical (unpaired) electrons. The molecule has 0 amide bonds. The van der Waals surface area contributed by atoms with E-state index in [4.69, 9.17) is 21.7 Å². The van der Waals surface area contributed by atoms with E-state index in [1.165, 1.54) is 11.1 Å². The molecule has 1 aliphatic rings. The third-order valence-corrected chi connectivity index (χ3v) is 4.13. The molecule has 5 heteroatoms. The summed E-state index contributed by atoms with van der Waals surface area (Å²) < 4.78 is 10.7. The monoisotopic (exact) mass is 328 g/mol. The zero-order chi connectivity index (χ0) is 16.2. The van der Waals surface area contributed by atoms with Crippen molar-refractivity contribution >= 4 is 23.0 Å². The molecular weight excluding hydrogens is 308 g/mol. The summed E-state index contributed by atoms with van der Waals surface area (Å²) in [4.78, 5) is 0. The molecule has 2 aromatic rings. The number of ether oxygens (including phenoxy) is 2. The number of anilines is 1. The van der Waals surface area contributed by atoms with Gasteiger partial charge in [-0.25, -0.2) is 0 Å². The third-order valence-electron chi connectivity index (χ3n) is 3.91. The van der Waals surface area contributed by atoms with Crippen LogP contribution in [0.5, 0.6) is 11.5 Å². The van der Waals surface area contributed by atoms with Gasteiger partial charge < -0.3 is 20.1 Å². The maximum Gasteiger partial charge on any atom is 0.231 e. The molecule has 2 aromatic carbocycles. The number of nitrogens with one attached hydrogen (secondary N) is 2. The van der Waals surface area contributed by atoms with Crippen molar-refractivity contribution in [3.63, 3.8) is 0 Å². The lowest BCUT2D eigenvalue weighted by atomic mass is 10.00. The molecule has 4 nitrogen and oxygen atoms in total. The van der Waals surface area contributed by atoms with Gasteiger partial charge in [0.15, 0.2) is 16.6 Å². The Kier molecular flexibility index (Phi) is 4.67. The molecule has 3 rings (SSSR count). The Balaban J connectivity index is 1.67. The molecule has 0 saturated heterocycles. The van der Waals surface area contributed by atoms with Crippen LogP contribution in [0.15, 0.2) is 42.5 Å². The van der Waals surface area contributed by atoms with Gasteiger partial charge in [0, 0.05) is 11.8 Å². The zero-order valence-electron chi connectivity index (χ0n) is 13.3. The lowest BCUT2D eigenvalue weighted by molar-refractivity contribution is 0.174. The Morgan fingerprint density at radius 1 is 1.17 bits per heavy atom. The molecule has 0 unspecified atom stereocenters. The van der Waals surface area contributed by atoms with E-state index < -0.39 is 0 Å². The molecule has 0 aliphatic carbocycles. The molecule has 0 aromatic heterocycles. The molecule has 0 spiro atoms. The van der Waals surface area contributed by atoms with Crippen LogP contribution in [0.4, 0.5) is 5.69 Å². The number of rotatable bonds is 4. The third kappa shape index (κ3) is 3.56. The van der Waals surface area contributed by atoms with E-state index in [0.29, 0.717) is 5.11 Å². The maximum absolute atomic E-state index is 5.46. The van der Waals surface area contributed by atoms with E-state index in [9.17, 15) is 0 Å². The van der Waals surface area contributed by atoms with E-state index in [2.05, 4.69) is 48.7 Å². The SMILES string of the molecule is CC[C@@H](NC(=S)Nc1ccc2c(c1)OCO2)c1ccccc1C. The van der Waals surface area contributed by atoms with Crippen LogP contribution in [0.1, 0.15) is 30.5 Å². The summed E-state index contributed by atoms with van der Waals surface area (Å²) in [5.41, 5.74) is 3.41. The first-order chi connectivity index (χ1) is 11.2. The molecular formula is C18H20N2O2S. The summed E-state index contributed by atoms with van der Waals surface area (Å²) >= 11 is 5.46. The average molecular weight is 328 g/mol. The predicted octanol–water partition coefficient (Wildman–Crippen LogP) is 4.16. The molecule has 1 aliphatic heterocycles. The second-order valence-electron chi connectivity index (χ2n) is 5.48. The summed E-state index contributed by atoms with van der Waals surface area (Å²) in [6, 6.07) is 14.3. The second kappa shape index (κ2) is 6.87. The van der Waals surface area contributed by atoms with Gasteiger partial charge in [-0.1, -0.05) is 31.2 Å². The summed E-state index contributed by atoms with van der Waals surface area (Å²) in [6.07, 6.45) is 0.952. The van der Waals surface area contributed by atoms with Crippen molar-refractivity contribution in [2.75, 3.05) is 12.1 Å². The smallest absolute Gasteiger partial charge is 0.231 e. The highest BCUT2D eigenvalue weighted by molar-refractivity contribution is 7.80. The van der Waals surface area contributed by atoms with Crippen LogP contribution in [-0.4, -0.2) is 11.9 Å². The van der Waals surface area contributed by atoms with Gasteiger partial charge in [-0.2, -0.15) is 0 Å². The normalized spacial score (nSPS) is 13.5. The first-order valence-electron chi connectivity index (χ1n) is 7.70. The van der Waals surface area contributed by atoms with E-state index in [1.807, 2.05) is 18.2 Å². The van der Waals surface area contributed by atoms with Crippen LogP contribution < -0.4 is 20.1 Å². The number of hydrogen-bond donors (Lipinski definition) is 2. The highest BCUT2D eigenvalue weighted by Crippen LogP contribution is 2.34. The van der Waals surface area contributed by atoms with E-state index in [1.54, 1.807) is 0 Å². The Bertz CT molecular complexity index is 718. The fourth-order valence-corrected chi connectivity index (χ4v) is 2.94. The van der Waals surface area contributed by atoms with Gasteiger partial charge in [-0.05, 0) is 48.8 Å². The minimum atomic E-state index is 0.185. The van der Waals surface area contributed by atoms with Crippen molar-refractivity contribution in [3.8, 4) is 11.5 Å². The number of benzene rings is 2. The van der Waals surface area contributed by atoms with Gasteiger partial charge >= 0.3 is 0 Å². The largest absolute Gasteiger partial charge is 0.454 e. The lowest BCUT2D eigenvalue weighted by Crippen LogP contribution is -2.32. The molecule has 2 N–H and O–H groups in total. The fourth-order valence-electron chi connectivity index (χ4n) is 2.68. The first kappa shape index (κ1) is 15.6. The zero-order valence-corrected chi connectivity index (χ0v) is 14.1. The minimum absolute atomic E-state index is 0.185. The predicted molar refractivity (Wildman–Crippen MR) is 96.1 cm³/mol. The molecule has 0 bridgehead atoms. The summed E-state index contributed by atoms with van der Waals surface area (Å²) in [6.45, 7) is 4.54. The Morgan fingerprint density at radius 2 is 1.96 bits per heavy atom. The van der Waals surface area contributed by atoms with Crippen molar-refractivity contribution in [1.29, 1.82) is 0 Å². The molecule has 1 atom stereocenters. The van der Waals surface area contributed by atoms with Gasteiger partial charge in [0.25, 0.3) is 0 Å². The quantitative estimate of drug-likeness (QED) is 0.825. The number of thiocarbonyl (C=S) groups is 1. The highest BCUT2D eigenvalue weighted by Gasteiger charge is 2.15. The summed E-state index contributed by atoms with van der Waals surface area (Å²) in [5.74, 6) is 1.50. The maximum atomic E-state index is 5.46. The van der Waals surface area contributed by atoms with Gasteiger partial charge in [-0.15, -0.1) is 0 Å². The number of hydrogen-bond acceptors (Lipinski definition) is 3. The first-order valence-corrected chi connectivity index (χ1v) is 8.11. The van der Waals surface area contributed by atoms with Crippen molar-refractivity contribution in [2.24, 2.45) is 0 Å². The highest BCUT2D eigenvalue weighted by atomic mass is 32.1. The number of fused-ring (bicyclic) bond motifs is 1. The van der Waals surface area contributed by atoms with E-state index in [0.717, 1.165) is 23.6 Å². The minimum Gasteiger partial charge on any atom is -0.454 e. The topological polar surface area (TPSA) is 42.5 Å². The number of aryl methyl sites for hydroxylation is 1. The Labute approximate surface area is 141 Å². The molecule has 120 valence electrons. The molecule has 1 heterocycles. The van der Waals surface area contributed by atoms with Gasteiger partial charge in [0.05, 0.1) is 6.04 Å². The second-order valence-corrected chi connectivity index (χ2v) is 5.89. The lowest BCUT2D eigenvalue weighted by Gasteiger charge is -2.21. The molecule has 0 fully saturated rings. The standard InChI is InChI=1S/C18H20N2O2S/c1-3-15(14-7-5-4-6-12(14)2)20-18(23)19-13-8-9-16-17(10-13)22-11-21-16/h4-10,15H,3,11H2,1-2H3,(H2,19,20,23)/t15-/m1/s1. The van der Waals surface area contributed by atoms with Gasteiger partial charge in [-0.3, -0.25) is 0 Å². The van der Waals surface area contributed by atoms with Crippen LogP contribution >= 0.6 is 12.2 Å². The van der Waals surface area contributed by atoms with E-state index >= 15 is 0 Å². The van der Waals surface area contributed by atoms with Crippen molar-refractivity contribution in [1.82, 2.24) is 5.32 Å². The Hall–Kier alpha value is -2.27. The molecule has 23 heavy (non-hydrogen) atoms. The summed E-state index contributed by atoms with van der Waals surface area (Å²) in [7, 11) is 0. The van der Waals surface area contributed by atoms with E-state index in [-0.39, 0.29) is 12.8 Å². The molecule has 0 saturated carbocycles. The van der Waals surface area contributed by atoms with Gasteiger partial charge in [0.2, 0.25) is 6.79 Å². The summed E-state index contributed by atoms with van der Waals surface area (Å²) in [5, 5.41) is 7.19. The fraction of sp³-hybridized carbons (Fsp3) is 0.278. The van der Waals surface area contributed by atoms with Crippen LogP contribution in [0, 0.1) is 6.92 Å². The van der Waals surface area contributed by atoms with Crippen LogP contribution in [0.3, 0.4) is 0 Å². The van der Waals surface area contributed by atoms with Crippen molar-refractivity contribution in [3.05, 3.63) is 53.6 Å². The van der Waals surface area contributed by atoms with Crippen molar-refractivity contribution < 1.29 is 9.47 Å². The van der Waals surface area contributed by atoms with Crippen LogP contribution in [0.25, 0.3) is 0 Å². The van der Waals surface area contributed by atoms with Crippen LogP contribution in [0.2, 0.25) is 0 Å². The van der Waals surface area contributed by atoms with Gasteiger partial charge in [0.1, 0.15) is 0 Å². The van der Waals surface area contributed by atoms with Crippen molar-refractivity contribution in [2.45, 2.75) is 26.3 Å². The van der Waals surface area contributed by atoms with Crippen LogP contribution in [-0.2, 0) is 0 Å².